The summed E-state index contributed by atoms with van der Waals surface area (Å²) < 4.78 is 5.25. The Morgan fingerprint density at radius 1 is 1.18 bits per heavy atom. The van der Waals surface area contributed by atoms with Crippen LogP contribution in [0.4, 0.5) is 4.79 Å². The summed E-state index contributed by atoms with van der Waals surface area (Å²) in [5, 5.41) is 5.32. The minimum Gasteiger partial charge on any atom is -0.410 e. The number of amides is 4. The van der Waals surface area contributed by atoms with Gasteiger partial charge in [0.25, 0.3) is 0 Å². The summed E-state index contributed by atoms with van der Waals surface area (Å²) in [5.41, 5.74) is 6.39. The molecule has 1 aliphatic heterocycles. The van der Waals surface area contributed by atoms with Gasteiger partial charge in [0.15, 0.2) is 0 Å². The van der Waals surface area contributed by atoms with Crippen molar-refractivity contribution in [3.8, 4) is 18.1 Å². The zero-order chi connectivity index (χ0) is 29.0. The topological polar surface area (TPSA) is 131 Å². The van der Waals surface area contributed by atoms with Crippen LogP contribution in [0.25, 0.3) is 0 Å². The zero-order valence-corrected chi connectivity index (χ0v) is 23.0. The lowest BCUT2D eigenvalue weighted by molar-refractivity contribution is -0.137. The maximum Gasteiger partial charge on any atom is 0.413 e. The Hall–Kier alpha value is -4.32. The van der Waals surface area contributed by atoms with Gasteiger partial charge in [-0.25, -0.2) is 4.79 Å². The van der Waals surface area contributed by atoms with Gasteiger partial charge in [0.2, 0.25) is 18.2 Å². The lowest BCUT2D eigenvalue weighted by Crippen LogP contribution is -2.57. The molecule has 0 aromatic heterocycles. The predicted molar refractivity (Wildman–Crippen MR) is 149 cm³/mol. The number of nitrogens with zero attached hydrogens (tertiary/aromatic N) is 1. The minimum atomic E-state index is -0.910. The number of terminal acetylenes is 1. The second-order valence-electron chi connectivity index (χ2n) is 10.2. The molecule has 0 spiro atoms. The van der Waals surface area contributed by atoms with E-state index < -0.39 is 23.5 Å². The van der Waals surface area contributed by atoms with E-state index in [0.29, 0.717) is 18.7 Å². The van der Waals surface area contributed by atoms with E-state index in [-0.39, 0.29) is 24.4 Å². The van der Waals surface area contributed by atoms with E-state index in [4.69, 9.17) is 16.9 Å². The average molecular weight is 535 g/mol. The van der Waals surface area contributed by atoms with Crippen molar-refractivity contribution in [3.05, 3.63) is 65.7 Å². The number of nitrogens with two attached hydrogens (primary N) is 1. The Morgan fingerprint density at radius 3 is 2.33 bits per heavy atom. The molecule has 3 atom stereocenters. The highest BCUT2D eigenvalue weighted by Gasteiger charge is 2.42. The first-order chi connectivity index (χ1) is 18.5. The Balaban J connectivity index is 0.000000344. The Bertz CT molecular complexity index is 1160. The third kappa shape index (κ3) is 9.49. The third-order valence-corrected chi connectivity index (χ3v) is 6.61. The van der Waals surface area contributed by atoms with Gasteiger partial charge in [0.1, 0.15) is 11.8 Å². The van der Waals surface area contributed by atoms with Crippen LogP contribution >= 0.6 is 0 Å². The summed E-state index contributed by atoms with van der Waals surface area (Å²) in [4.78, 5) is 48.8. The summed E-state index contributed by atoms with van der Waals surface area (Å²) in [6.45, 7) is 8.01. The molecule has 9 nitrogen and oxygen atoms in total. The number of nitrogens with one attached hydrogen (secondary N) is 2. The number of hydrogen-bond acceptors (Lipinski definition) is 5. The highest BCUT2D eigenvalue weighted by atomic mass is 16.6. The van der Waals surface area contributed by atoms with Gasteiger partial charge in [0.05, 0.1) is 6.04 Å². The highest BCUT2D eigenvalue weighted by Crippen LogP contribution is 2.29. The number of carbonyl (C=O) groups is 4. The van der Waals surface area contributed by atoms with Crippen LogP contribution < -0.4 is 21.1 Å². The van der Waals surface area contributed by atoms with E-state index in [0.717, 1.165) is 24.0 Å². The van der Waals surface area contributed by atoms with Crippen molar-refractivity contribution in [1.82, 2.24) is 15.5 Å². The van der Waals surface area contributed by atoms with Crippen molar-refractivity contribution < 1.29 is 23.9 Å². The summed E-state index contributed by atoms with van der Waals surface area (Å²) >= 11 is 0. The molecule has 208 valence electrons. The molecular weight excluding hydrogens is 496 g/mol. The van der Waals surface area contributed by atoms with Crippen molar-refractivity contribution in [2.75, 3.05) is 6.54 Å². The molecule has 0 saturated carbocycles. The van der Waals surface area contributed by atoms with Crippen molar-refractivity contribution in [1.29, 1.82) is 0 Å². The highest BCUT2D eigenvalue weighted by molar-refractivity contribution is 5.88. The van der Waals surface area contributed by atoms with Crippen LogP contribution in [0.5, 0.6) is 5.75 Å². The van der Waals surface area contributed by atoms with Gasteiger partial charge in [-0.2, -0.15) is 0 Å². The first-order valence-corrected chi connectivity index (χ1v) is 12.9. The van der Waals surface area contributed by atoms with Crippen LogP contribution in [0.1, 0.15) is 64.1 Å². The Kier molecular flexibility index (Phi) is 11.5. The van der Waals surface area contributed by atoms with E-state index >= 15 is 0 Å². The molecule has 9 heteroatoms. The molecule has 0 bridgehead atoms. The molecule has 2 aromatic rings. The van der Waals surface area contributed by atoms with Crippen LogP contribution in [0.15, 0.2) is 54.6 Å². The van der Waals surface area contributed by atoms with Gasteiger partial charge in [-0.15, -0.1) is 6.42 Å². The van der Waals surface area contributed by atoms with Gasteiger partial charge in [-0.1, -0.05) is 50.1 Å². The fourth-order valence-electron chi connectivity index (χ4n) is 4.38. The number of hydrogen-bond donors (Lipinski definition) is 3. The van der Waals surface area contributed by atoms with E-state index in [1.807, 2.05) is 44.2 Å². The van der Waals surface area contributed by atoms with Crippen molar-refractivity contribution >= 4 is 24.3 Å². The van der Waals surface area contributed by atoms with Crippen molar-refractivity contribution in [2.45, 2.75) is 65.1 Å². The molecule has 2 aromatic carbocycles. The number of carbonyl (C=O) groups excluding carboxylic acids is 4. The fourth-order valence-corrected chi connectivity index (χ4v) is 4.38. The molecule has 3 unspecified atom stereocenters. The average Bonchev–Trinajstić information content (AvgIpc) is 3.33. The fraction of sp³-hybridized carbons (Fsp3) is 0.400. The van der Waals surface area contributed by atoms with Crippen LogP contribution in [0.3, 0.4) is 0 Å². The van der Waals surface area contributed by atoms with Crippen molar-refractivity contribution in [3.63, 3.8) is 0 Å². The third-order valence-electron chi connectivity index (χ3n) is 6.61. The lowest BCUT2D eigenvalue weighted by Gasteiger charge is -2.36. The van der Waals surface area contributed by atoms with Gasteiger partial charge in [0, 0.05) is 30.0 Å². The monoisotopic (exact) mass is 534 g/mol. The molecule has 4 amide bonds. The standard InChI is InChI=1S/C19H27N3O4.C11H11NO/c1-13-8-7-11-22(13)17(24)16(19(2,3)12-15(20)23)21-18(25)26-14-9-5-4-6-10-14;1-3-10-4-6-11(7-5-10)9(2)12-8-13/h4-6,9-10,13,16H,7-8,11-12H2,1-3H3,(H2,20,23)(H,21,25);1,4-9H,2H3,(H,12,13). The Labute approximate surface area is 230 Å². The second-order valence-corrected chi connectivity index (χ2v) is 10.2. The molecule has 3 rings (SSSR count). The molecule has 39 heavy (non-hydrogen) atoms. The van der Waals surface area contributed by atoms with E-state index in [1.165, 1.54) is 0 Å². The molecule has 1 heterocycles. The second kappa shape index (κ2) is 14.6. The maximum atomic E-state index is 13.1. The van der Waals surface area contributed by atoms with Gasteiger partial charge in [-0.05, 0) is 56.5 Å². The quantitative estimate of drug-likeness (QED) is 0.335. The summed E-state index contributed by atoms with van der Waals surface area (Å²) in [5.74, 6) is 2.16. The Morgan fingerprint density at radius 2 is 1.82 bits per heavy atom. The van der Waals surface area contributed by atoms with Crippen LogP contribution in [-0.2, 0) is 14.4 Å². The number of ether oxygens (including phenoxy) is 1. The SMILES string of the molecule is C#Cc1ccc(C(C)NC=O)cc1.CC1CCCN1C(=O)C(NC(=O)Oc1ccccc1)C(C)(C)CC(N)=O. The first-order valence-electron chi connectivity index (χ1n) is 12.9. The summed E-state index contributed by atoms with van der Waals surface area (Å²) in [6.07, 6.45) is 6.98. The number of primary amides is 1. The summed E-state index contributed by atoms with van der Waals surface area (Å²) in [6, 6.07) is 15.4. The van der Waals surface area contributed by atoms with Gasteiger partial charge >= 0.3 is 6.09 Å². The molecule has 1 aliphatic rings. The number of rotatable bonds is 9. The van der Waals surface area contributed by atoms with E-state index in [1.54, 1.807) is 43.0 Å². The maximum absolute atomic E-state index is 13.1. The molecule has 0 radical (unpaired) electrons. The molecule has 0 aliphatic carbocycles. The van der Waals surface area contributed by atoms with Crippen LogP contribution in [-0.4, -0.2) is 47.8 Å². The minimum absolute atomic E-state index is 0.0305. The smallest absolute Gasteiger partial charge is 0.410 e. The van der Waals surface area contributed by atoms with Crippen LogP contribution in [0.2, 0.25) is 0 Å². The van der Waals surface area contributed by atoms with E-state index in [2.05, 4.69) is 16.6 Å². The van der Waals surface area contributed by atoms with Gasteiger partial charge in [-0.3, -0.25) is 14.4 Å². The summed E-state index contributed by atoms with van der Waals surface area (Å²) in [7, 11) is 0. The lowest BCUT2D eigenvalue weighted by atomic mass is 9.80. The normalized spacial score (nSPS) is 16.0. The molecule has 1 saturated heterocycles. The van der Waals surface area contributed by atoms with Gasteiger partial charge < -0.3 is 26.0 Å². The first kappa shape index (κ1) is 30.9. The zero-order valence-electron chi connectivity index (χ0n) is 23.0. The number of para-hydroxylation sites is 1. The molecule has 4 N–H and O–H groups in total. The molecule has 1 fully saturated rings. The number of benzene rings is 2. The molecular formula is C30H38N4O5. The van der Waals surface area contributed by atoms with E-state index in [9.17, 15) is 19.2 Å². The number of likely N-dealkylation sites (tertiary alicyclic amines) is 1. The van der Waals surface area contributed by atoms with Crippen molar-refractivity contribution in [2.24, 2.45) is 11.1 Å². The largest absolute Gasteiger partial charge is 0.413 e. The van der Waals surface area contributed by atoms with Crippen LogP contribution in [0, 0.1) is 17.8 Å². The predicted octanol–water partition coefficient (Wildman–Crippen LogP) is 3.53.